The highest BCUT2D eigenvalue weighted by molar-refractivity contribution is 5.16. The summed E-state index contributed by atoms with van der Waals surface area (Å²) in [5, 5.41) is 3.44. The standard InChI is InChI=1S/C18H30FN/c1-2-3-4-5-6-7-8-9-14-20-15-13-17-11-10-12-18(19)16-17/h10-12,16,20H,2-9,13-15H2,1H3. The van der Waals surface area contributed by atoms with Crippen LogP contribution in [0.5, 0.6) is 0 Å². The SMILES string of the molecule is CCCCCCCCCCNCCc1cccc(F)c1. The van der Waals surface area contributed by atoms with Crippen LogP contribution in [-0.2, 0) is 6.42 Å². The smallest absolute Gasteiger partial charge is 0.123 e. The van der Waals surface area contributed by atoms with Crippen molar-refractivity contribution >= 4 is 0 Å². The Bertz CT molecular complexity index is 338. The molecule has 0 bridgehead atoms. The first kappa shape index (κ1) is 17.2. The fourth-order valence-corrected chi connectivity index (χ4v) is 2.43. The van der Waals surface area contributed by atoms with Gasteiger partial charge in [0.15, 0.2) is 0 Å². The highest BCUT2D eigenvalue weighted by atomic mass is 19.1. The summed E-state index contributed by atoms with van der Waals surface area (Å²) >= 11 is 0. The van der Waals surface area contributed by atoms with Gasteiger partial charge in [-0.2, -0.15) is 0 Å². The molecule has 0 aliphatic rings. The summed E-state index contributed by atoms with van der Waals surface area (Å²) in [6.07, 6.45) is 11.8. The van der Waals surface area contributed by atoms with Crippen molar-refractivity contribution in [1.82, 2.24) is 5.32 Å². The second-order valence-electron chi connectivity index (χ2n) is 5.60. The topological polar surface area (TPSA) is 12.0 Å². The zero-order chi connectivity index (χ0) is 14.5. The maximum Gasteiger partial charge on any atom is 0.123 e. The normalized spacial score (nSPS) is 10.9. The maximum absolute atomic E-state index is 13.0. The van der Waals surface area contributed by atoms with E-state index in [4.69, 9.17) is 0 Å². The summed E-state index contributed by atoms with van der Waals surface area (Å²) in [6, 6.07) is 6.89. The molecule has 0 saturated carbocycles. The molecule has 0 atom stereocenters. The van der Waals surface area contributed by atoms with Gasteiger partial charge in [0.2, 0.25) is 0 Å². The lowest BCUT2D eigenvalue weighted by molar-refractivity contribution is 0.555. The third-order valence-corrected chi connectivity index (χ3v) is 3.69. The molecular formula is C18H30FN. The highest BCUT2D eigenvalue weighted by Crippen LogP contribution is 2.08. The van der Waals surface area contributed by atoms with Gasteiger partial charge < -0.3 is 5.32 Å². The first-order valence-corrected chi connectivity index (χ1v) is 8.28. The van der Waals surface area contributed by atoms with Crippen LogP contribution in [-0.4, -0.2) is 13.1 Å². The van der Waals surface area contributed by atoms with Crippen molar-refractivity contribution in [2.75, 3.05) is 13.1 Å². The minimum absolute atomic E-state index is 0.134. The Kier molecular flexibility index (Phi) is 10.2. The second kappa shape index (κ2) is 11.9. The van der Waals surface area contributed by atoms with E-state index in [2.05, 4.69) is 12.2 Å². The molecule has 0 aliphatic carbocycles. The molecule has 0 aromatic heterocycles. The van der Waals surface area contributed by atoms with E-state index in [1.165, 1.54) is 57.4 Å². The lowest BCUT2D eigenvalue weighted by Crippen LogP contribution is -2.18. The van der Waals surface area contributed by atoms with Gasteiger partial charge in [0.25, 0.3) is 0 Å². The van der Waals surface area contributed by atoms with Crippen LogP contribution in [0.2, 0.25) is 0 Å². The third-order valence-electron chi connectivity index (χ3n) is 3.69. The molecule has 114 valence electrons. The lowest BCUT2D eigenvalue weighted by Gasteiger charge is -2.05. The van der Waals surface area contributed by atoms with Crippen molar-refractivity contribution in [3.8, 4) is 0 Å². The molecule has 1 nitrogen and oxygen atoms in total. The first-order chi connectivity index (χ1) is 9.83. The molecule has 0 spiro atoms. The number of halogens is 1. The van der Waals surface area contributed by atoms with Crippen molar-refractivity contribution in [3.05, 3.63) is 35.6 Å². The predicted octanol–water partition coefficient (Wildman–Crippen LogP) is 5.10. The number of nitrogens with one attached hydrogen (secondary N) is 1. The van der Waals surface area contributed by atoms with Crippen LogP contribution in [0.15, 0.2) is 24.3 Å². The highest BCUT2D eigenvalue weighted by Gasteiger charge is 1.95. The van der Waals surface area contributed by atoms with Crippen molar-refractivity contribution in [3.63, 3.8) is 0 Å². The molecule has 1 N–H and O–H groups in total. The van der Waals surface area contributed by atoms with Crippen molar-refractivity contribution in [1.29, 1.82) is 0 Å². The molecule has 0 heterocycles. The molecule has 20 heavy (non-hydrogen) atoms. The number of hydrogen-bond acceptors (Lipinski definition) is 1. The minimum atomic E-state index is -0.134. The van der Waals surface area contributed by atoms with Crippen molar-refractivity contribution in [2.24, 2.45) is 0 Å². The molecule has 0 amide bonds. The fourth-order valence-electron chi connectivity index (χ4n) is 2.43. The van der Waals surface area contributed by atoms with E-state index in [0.717, 1.165) is 25.1 Å². The Labute approximate surface area is 124 Å². The molecule has 0 saturated heterocycles. The third kappa shape index (κ3) is 9.08. The quantitative estimate of drug-likeness (QED) is 0.525. The van der Waals surface area contributed by atoms with Crippen molar-refractivity contribution < 1.29 is 4.39 Å². The molecule has 0 fully saturated rings. The van der Waals surface area contributed by atoms with Crippen LogP contribution in [0.1, 0.15) is 63.9 Å². The van der Waals surface area contributed by atoms with E-state index < -0.39 is 0 Å². The lowest BCUT2D eigenvalue weighted by atomic mass is 10.1. The molecule has 1 rings (SSSR count). The summed E-state index contributed by atoms with van der Waals surface area (Å²) in [5.41, 5.74) is 1.08. The van der Waals surface area contributed by atoms with Crippen molar-refractivity contribution in [2.45, 2.75) is 64.7 Å². The van der Waals surface area contributed by atoms with E-state index in [-0.39, 0.29) is 5.82 Å². The fraction of sp³-hybridized carbons (Fsp3) is 0.667. The Balaban J connectivity index is 1.85. The molecule has 0 unspecified atom stereocenters. The molecule has 2 heteroatoms. The molecule has 1 aromatic carbocycles. The van der Waals surface area contributed by atoms with Crippen LogP contribution in [0.25, 0.3) is 0 Å². The van der Waals surface area contributed by atoms with Gasteiger partial charge in [0.05, 0.1) is 0 Å². The zero-order valence-electron chi connectivity index (χ0n) is 13.0. The van der Waals surface area contributed by atoms with E-state index in [0.29, 0.717) is 0 Å². The number of unbranched alkanes of at least 4 members (excludes halogenated alkanes) is 7. The Morgan fingerprint density at radius 1 is 0.900 bits per heavy atom. The zero-order valence-corrected chi connectivity index (χ0v) is 13.0. The van der Waals surface area contributed by atoms with Gasteiger partial charge in [-0.05, 0) is 43.6 Å². The van der Waals surface area contributed by atoms with Crippen LogP contribution in [0.4, 0.5) is 4.39 Å². The van der Waals surface area contributed by atoms with Crippen LogP contribution in [0.3, 0.4) is 0 Å². The van der Waals surface area contributed by atoms with E-state index in [1.54, 1.807) is 12.1 Å². The van der Waals surface area contributed by atoms with Crippen LogP contribution < -0.4 is 5.32 Å². The van der Waals surface area contributed by atoms with E-state index >= 15 is 0 Å². The summed E-state index contributed by atoms with van der Waals surface area (Å²) < 4.78 is 13.0. The van der Waals surface area contributed by atoms with Gasteiger partial charge in [0.1, 0.15) is 5.82 Å². The monoisotopic (exact) mass is 279 g/mol. The van der Waals surface area contributed by atoms with Gasteiger partial charge in [0, 0.05) is 0 Å². The minimum Gasteiger partial charge on any atom is -0.316 e. The van der Waals surface area contributed by atoms with Gasteiger partial charge in [-0.25, -0.2) is 4.39 Å². The second-order valence-corrected chi connectivity index (χ2v) is 5.60. The molecule has 0 radical (unpaired) electrons. The largest absolute Gasteiger partial charge is 0.316 e. The summed E-state index contributed by atoms with van der Waals surface area (Å²) in [4.78, 5) is 0. The van der Waals surface area contributed by atoms with Gasteiger partial charge in [-0.15, -0.1) is 0 Å². The van der Waals surface area contributed by atoms with Crippen LogP contribution >= 0.6 is 0 Å². The first-order valence-electron chi connectivity index (χ1n) is 8.28. The average Bonchev–Trinajstić information content (AvgIpc) is 2.45. The maximum atomic E-state index is 13.0. The Morgan fingerprint density at radius 2 is 1.60 bits per heavy atom. The Hall–Kier alpha value is -0.890. The number of rotatable bonds is 12. The average molecular weight is 279 g/mol. The summed E-state index contributed by atoms with van der Waals surface area (Å²) in [6.45, 7) is 4.29. The summed E-state index contributed by atoms with van der Waals surface area (Å²) in [5.74, 6) is -0.134. The molecule has 0 aliphatic heterocycles. The van der Waals surface area contributed by atoms with E-state index in [9.17, 15) is 4.39 Å². The predicted molar refractivity (Wildman–Crippen MR) is 85.6 cm³/mol. The number of benzene rings is 1. The number of hydrogen-bond donors (Lipinski definition) is 1. The Morgan fingerprint density at radius 3 is 2.30 bits per heavy atom. The van der Waals surface area contributed by atoms with Gasteiger partial charge in [-0.3, -0.25) is 0 Å². The van der Waals surface area contributed by atoms with Gasteiger partial charge in [-0.1, -0.05) is 64.0 Å². The summed E-state index contributed by atoms with van der Waals surface area (Å²) in [7, 11) is 0. The van der Waals surface area contributed by atoms with E-state index in [1.807, 2.05) is 6.07 Å². The van der Waals surface area contributed by atoms with Gasteiger partial charge >= 0.3 is 0 Å². The molecule has 1 aromatic rings. The molecular weight excluding hydrogens is 249 g/mol. The van der Waals surface area contributed by atoms with Crippen LogP contribution in [0, 0.1) is 5.82 Å².